The topological polar surface area (TPSA) is 0 Å². The van der Waals surface area contributed by atoms with Crippen LogP contribution in [0, 0.1) is 10.8 Å². The molecule has 1 aromatic rings. The number of benzene rings is 1. The lowest BCUT2D eigenvalue weighted by Crippen LogP contribution is -2.84. The number of rotatable bonds is 3. The maximum Gasteiger partial charge on any atom is 0.0870 e. The summed E-state index contributed by atoms with van der Waals surface area (Å²) >= 11 is 0. The monoisotopic (exact) mass is 510 g/mol. The van der Waals surface area contributed by atoms with E-state index in [0.29, 0.717) is 10.1 Å². The fourth-order valence-electron chi connectivity index (χ4n) is 7.57. The highest BCUT2D eigenvalue weighted by atomic mass is 29.6. The summed E-state index contributed by atoms with van der Waals surface area (Å²) in [6.07, 6.45) is 0. The Morgan fingerprint density at radius 3 is 1.24 bits per heavy atom. The van der Waals surface area contributed by atoms with Gasteiger partial charge < -0.3 is 0 Å². The summed E-state index contributed by atoms with van der Waals surface area (Å²) in [5.41, 5.74) is 10.2. The molecule has 1 aromatic carbocycles. The van der Waals surface area contributed by atoms with E-state index < -0.39 is 22.3 Å². The molecular weight excluding hydrogens is 457 g/mol. The summed E-state index contributed by atoms with van der Waals surface area (Å²) in [7, 11) is -5.38. The minimum Gasteiger partial charge on any atom is -0.0927 e. The molecule has 0 aromatic heterocycles. The van der Waals surface area contributed by atoms with E-state index in [9.17, 15) is 0 Å². The Balaban J connectivity index is 2.56. The molecule has 0 saturated heterocycles. The molecule has 0 nitrogen and oxygen atoms in total. The molecule has 0 unspecified atom stereocenters. The van der Waals surface area contributed by atoms with Crippen molar-refractivity contribution in [3.05, 3.63) is 52.7 Å². The van der Waals surface area contributed by atoms with Crippen molar-refractivity contribution in [1.82, 2.24) is 0 Å². The van der Waals surface area contributed by atoms with Gasteiger partial charge in [0.25, 0.3) is 0 Å². The van der Waals surface area contributed by atoms with Crippen LogP contribution in [0.3, 0.4) is 0 Å². The third kappa shape index (κ3) is 3.31. The Bertz CT molecular complexity index is 973. The highest BCUT2D eigenvalue weighted by Crippen LogP contribution is 2.88. The number of hydrogen-bond acceptors (Lipinski definition) is 0. The highest BCUT2D eigenvalue weighted by Gasteiger charge is 2.85. The van der Waals surface area contributed by atoms with E-state index in [4.69, 9.17) is 0 Å². The molecule has 34 heavy (non-hydrogen) atoms. The van der Waals surface area contributed by atoms with Crippen LogP contribution in [0.5, 0.6) is 0 Å². The van der Waals surface area contributed by atoms with E-state index in [1.807, 2.05) is 11.1 Å². The van der Waals surface area contributed by atoms with Crippen molar-refractivity contribution in [1.29, 1.82) is 0 Å². The molecule has 0 atom stereocenters. The van der Waals surface area contributed by atoms with Gasteiger partial charge in [-0.2, -0.15) is 0 Å². The number of hydrogen-bond donors (Lipinski definition) is 0. The lowest BCUT2D eigenvalue weighted by molar-refractivity contribution is 0.502. The average Bonchev–Trinajstić information content (AvgIpc) is 3.34. The Labute approximate surface area is 215 Å². The SMILES string of the molecule is CC(C)(C)C1=C(C(C)(C)C)C12C(c1ccccc1)=C[Si]2([Si](C)(C)C(C)(C)C)[Si](C)(C)C(C)(C)C. The quantitative estimate of drug-likeness (QED) is 0.280. The first-order valence-corrected chi connectivity index (χ1v) is 23.6. The van der Waals surface area contributed by atoms with Gasteiger partial charge in [0.2, 0.25) is 0 Å². The number of allylic oxidation sites excluding steroid dienone is 3. The van der Waals surface area contributed by atoms with Gasteiger partial charge in [0.05, 0.1) is 22.3 Å². The van der Waals surface area contributed by atoms with Crippen molar-refractivity contribution in [3.63, 3.8) is 0 Å². The summed E-state index contributed by atoms with van der Waals surface area (Å²) in [5.74, 6) is 0. The van der Waals surface area contributed by atoms with E-state index >= 15 is 0 Å². The predicted octanol–water partition coefficient (Wildman–Crippen LogP) is 10.4. The van der Waals surface area contributed by atoms with Gasteiger partial charge in [-0.1, -0.05) is 156 Å². The summed E-state index contributed by atoms with van der Waals surface area (Å²) in [5, 5.41) is 0.987. The van der Waals surface area contributed by atoms with Gasteiger partial charge >= 0.3 is 0 Å². The van der Waals surface area contributed by atoms with Gasteiger partial charge in [-0.05, 0) is 32.0 Å². The standard InChI is InChI=1S/C31H54Si3/c1-27(2,3)25-26(28(4,5)6)31(25)24(23-20-18-17-19-21-23)22-34(31,32(13,14)29(7,8)9)33(15,16)30(10,11)12/h17-22H,1-16H3. The molecular formula is C31H54Si3. The van der Waals surface area contributed by atoms with Crippen LogP contribution in [0.2, 0.25) is 41.3 Å². The van der Waals surface area contributed by atoms with Crippen LogP contribution >= 0.6 is 0 Å². The molecule has 0 bridgehead atoms. The van der Waals surface area contributed by atoms with E-state index in [0.717, 1.165) is 0 Å². The molecule has 0 N–H and O–H groups in total. The molecule has 3 heteroatoms. The van der Waals surface area contributed by atoms with Crippen molar-refractivity contribution < 1.29 is 0 Å². The normalized spacial score (nSPS) is 20.9. The van der Waals surface area contributed by atoms with Crippen LogP contribution < -0.4 is 0 Å². The zero-order valence-corrected chi connectivity index (χ0v) is 28.5. The van der Waals surface area contributed by atoms with Crippen LogP contribution in [-0.2, 0) is 0 Å². The fraction of sp³-hybridized carbons (Fsp3) is 0.677. The van der Waals surface area contributed by atoms with Crippen molar-refractivity contribution in [2.24, 2.45) is 10.8 Å². The second kappa shape index (κ2) is 7.45. The van der Waals surface area contributed by atoms with Crippen LogP contribution in [0.15, 0.2) is 47.2 Å². The van der Waals surface area contributed by atoms with Gasteiger partial charge in [0.15, 0.2) is 0 Å². The van der Waals surface area contributed by atoms with Gasteiger partial charge in [-0.3, -0.25) is 0 Å². The molecule has 2 aliphatic rings. The maximum absolute atomic E-state index is 3.02. The molecule has 190 valence electrons. The smallest absolute Gasteiger partial charge is 0.0870 e. The first-order chi connectivity index (χ1) is 14.9. The Hall–Kier alpha value is -0.649. The molecule has 0 amide bonds. The first kappa shape index (κ1) is 27.9. The molecule has 0 radical (unpaired) electrons. The Morgan fingerprint density at radius 1 is 0.588 bits per heavy atom. The van der Waals surface area contributed by atoms with Crippen molar-refractivity contribution in [2.45, 2.75) is 124 Å². The zero-order valence-electron chi connectivity index (χ0n) is 25.5. The first-order valence-electron chi connectivity index (χ1n) is 13.5. The van der Waals surface area contributed by atoms with Crippen molar-refractivity contribution >= 4 is 27.9 Å². The zero-order chi connectivity index (χ0) is 26.6. The van der Waals surface area contributed by atoms with Crippen LogP contribution in [0.1, 0.15) is 88.6 Å². The second-order valence-electron chi connectivity index (χ2n) is 16.5. The molecule has 1 heterocycles. The van der Waals surface area contributed by atoms with Crippen molar-refractivity contribution in [2.75, 3.05) is 0 Å². The van der Waals surface area contributed by atoms with Crippen LogP contribution in [0.4, 0.5) is 0 Å². The van der Waals surface area contributed by atoms with E-state index in [2.05, 4.69) is 145 Å². The fourth-order valence-corrected chi connectivity index (χ4v) is 60.8. The molecule has 1 aliphatic heterocycles. The third-order valence-electron chi connectivity index (χ3n) is 10.6. The van der Waals surface area contributed by atoms with E-state index in [-0.39, 0.29) is 15.9 Å². The minimum atomic E-state index is -1.94. The minimum absolute atomic E-state index is 0.194. The third-order valence-corrected chi connectivity index (χ3v) is 55.4. The van der Waals surface area contributed by atoms with E-state index in [1.165, 1.54) is 5.56 Å². The van der Waals surface area contributed by atoms with Crippen molar-refractivity contribution in [3.8, 4) is 0 Å². The van der Waals surface area contributed by atoms with Gasteiger partial charge in [-0.15, -0.1) is 0 Å². The van der Waals surface area contributed by atoms with Gasteiger partial charge in [-0.25, -0.2) is 0 Å². The van der Waals surface area contributed by atoms with Gasteiger partial charge in [0.1, 0.15) is 0 Å². The van der Waals surface area contributed by atoms with Crippen LogP contribution in [0.25, 0.3) is 5.57 Å². The molecule has 1 aliphatic carbocycles. The molecule has 3 rings (SSSR count). The summed E-state index contributed by atoms with van der Waals surface area (Å²) in [4.78, 5) is 0. The molecule has 0 saturated carbocycles. The lowest BCUT2D eigenvalue weighted by Gasteiger charge is -2.70. The summed E-state index contributed by atoms with van der Waals surface area (Å²) in [6, 6.07) is 11.5. The Kier molecular flexibility index (Phi) is 6.12. The lowest BCUT2D eigenvalue weighted by atomic mass is 9.85. The summed E-state index contributed by atoms with van der Waals surface area (Å²) in [6.45, 7) is 41.7. The van der Waals surface area contributed by atoms with E-state index in [1.54, 1.807) is 5.57 Å². The molecule has 0 fully saturated rings. The Morgan fingerprint density at radius 2 is 0.941 bits per heavy atom. The highest BCUT2D eigenvalue weighted by molar-refractivity contribution is 7.74. The summed E-state index contributed by atoms with van der Waals surface area (Å²) < 4.78 is 0. The van der Waals surface area contributed by atoms with Gasteiger partial charge in [0, 0.05) is 5.04 Å². The van der Waals surface area contributed by atoms with Crippen LogP contribution in [-0.4, -0.2) is 22.3 Å². The predicted molar refractivity (Wildman–Crippen MR) is 163 cm³/mol. The molecule has 1 spiro atoms. The average molecular weight is 511 g/mol. The second-order valence-corrected chi connectivity index (χ2v) is 42.4. The maximum atomic E-state index is 3.02. The largest absolute Gasteiger partial charge is 0.0927 e.